The molecule has 0 unspecified atom stereocenters. The number of fused-ring (bicyclic) bond motifs is 7. The molecule has 0 aliphatic heterocycles. The summed E-state index contributed by atoms with van der Waals surface area (Å²) >= 11 is 1.85. The Morgan fingerprint density at radius 3 is 2.09 bits per heavy atom. The molecule has 0 aliphatic carbocycles. The Labute approximate surface area is 252 Å². The molecular formula is C40H25NOS. The third-order valence-electron chi connectivity index (χ3n) is 8.46. The van der Waals surface area contributed by atoms with Crippen LogP contribution in [0.2, 0.25) is 0 Å². The molecule has 0 N–H and O–H groups in total. The third-order valence-corrected chi connectivity index (χ3v) is 9.61. The maximum Gasteiger partial charge on any atom is 0.135 e. The smallest absolute Gasteiger partial charge is 0.135 e. The Kier molecular flexibility index (Phi) is 5.40. The average molecular weight is 568 g/mol. The summed E-state index contributed by atoms with van der Waals surface area (Å²) in [5.74, 6) is 0. The predicted molar refractivity (Wildman–Crippen MR) is 184 cm³/mol. The van der Waals surface area contributed by atoms with Crippen LogP contribution in [0, 0.1) is 0 Å². The van der Waals surface area contributed by atoms with Gasteiger partial charge in [-0.15, -0.1) is 11.3 Å². The molecule has 0 aliphatic rings. The molecular weight excluding hydrogens is 543 g/mol. The second-order valence-electron chi connectivity index (χ2n) is 10.9. The Morgan fingerprint density at radius 2 is 1.14 bits per heavy atom. The molecule has 0 fully saturated rings. The van der Waals surface area contributed by atoms with Crippen LogP contribution >= 0.6 is 11.3 Å². The highest BCUT2D eigenvalue weighted by molar-refractivity contribution is 7.25. The van der Waals surface area contributed by atoms with Crippen molar-refractivity contribution in [2.24, 2.45) is 0 Å². The van der Waals surface area contributed by atoms with E-state index >= 15 is 0 Å². The van der Waals surface area contributed by atoms with Crippen molar-refractivity contribution in [3.63, 3.8) is 0 Å². The number of para-hydroxylation sites is 2. The molecule has 202 valence electrons. The van der Waals surface area contributed by atoms with Crippen LogP contribution in [0.4, 0.5) is 17.1 Å². The number of furan rings is 1. The molecule has 2 aromatic heterocycles. The molecule has 0 bridgehead atoms. The summed E-state index contributed by atoms with van der Waals surface area (Å²) in [6.07, 6.45) is 0. The predicted octanol–water partition coefficient (Wildman–Crippen LogP) is 12.2. The van der Waals surface area contributed by atoms with Crippen molar-refractivity contribution >= 4 is 81.3 Å². The van der Waals surface area contributed by atoms with E-state index in [1.807, 2.05) is 23.5 Å². The summed E-state index contributed by atoms with van der Waals surface area (Å²) in [6.45, 7) is 0. The quantitative estimate of drug-likeness (QED) is 0.210. The van der Waals surface area contributed by atoms with Crippen molar-refractivity contribution < 1.29 is 4.42 Å². The van der Waals surface area contributed by atoms with E-state index in [1.54, 1.807) is 0 Å². The Morgan fingerprint density at radius 1 is 0.442 bits per heavy atom. The second kappa shape index (κ2) is 9.59. The van der Waals surface area contributed by atoms with Crippen LogP contribution in [0.5, 0.6) is 0 Å². The zero-order chi connectivity index (χ0) is 28.3. The van der Waals surface area contributed by atoms with E-state index < -0.39 is 0 Å². The Hall–Kier alpha value is -5.38. The average Bonchev–Trinajstić information content (AvgIpc) is 3.63. The minimum atomic E-state index is 0.906. The molecule has 2 nitrogen and oxygen atoms in total. The van der Waals surface area contributed by atoms with Crippen molar-refractivity contribution in [2.75, 3.05) is 4.90 Å². The monoisotopic (exact) mass is 567 g/mol. The molecule has 3 heteroatoms. The van der Waals surface area contributed by atoms with Gasteiger partial charge in [0.2, 0.25) is 0 Å². The number of hydrogen-bond donors (Lipinski definition) is 0. The highest BCUT2D eigenvalue weighted by Gasteiger charge is 2.20. The lowest BCUT2D eigenvalue weighted by Gasteiger charge is -2.29. The summed E-state index contributed by atoms with van der Waals surface area (Å²) in [6, 6.07) is 54.4. The normalized spacial score (nSPS) is 11.7. The van der Waals surface area contributed by atoms with Gasteiger partial charge in [0.15, 0.2) is 0 Å². The van der Waals surface area contributed by atoms with Crippen molar-refractivity contribution in [2.45, 2.75) is 0 Å². The number of thiophene rings is 1. The second-order valence-corrected chi connectivity index (χ2v) is 12.0. The Balaban J connectivity index is 1.32. The van der Waals surface area contributed by atoms with E-state index in [0.29, 0.717) is 0 Å². The van der Waals surface area contributed by atoms with Gasteiger partial charge in [-0.1, -0.05) is 97.1 Å². The summed E-state index contributed by atoms with van der Waals surface area (Å²) in [5.41, 5.74) is 7.55. The SMILES string of the molecule is c1ccc(N(c2ccc3sc4ccccc4c3c2)c2cccc3ccccc23)c(-c2ccc3oc4ccccc4c3c2)c1. The fraction of sp³-hybridized carbons (Fsp3) is 0. The van der Waals surface area contributed by atoms with Crippen LogP contribution in [0.1, 0.15) is 0 Å². The van der Waals surface area contributed by atoms with Gasteiger partial charge in [0.1, 0.15) is 11.2 Å². The van der Waals surface area contributed by atoms with Gasteiger partial charge in [-0.25, -0.2) is 0 Å². The first-order valence-electron chi connectivity index (χ1n) is 14.5. The van der Waals surface area contributed by atoms with Crippen LogP contribution in [0.25, 0.3) is 64.0 Å². The summed E-state index contributed by atoms with van der Waals surface area (Å²) in [7, 11) is 0. The standard InChI is InChI=1S/C40H25NOS/c1-2-12-29-26(10-1)11-9-17-36(29)41(28-21-23-40-34(25-28)32-15-5-8-19-39(32)43-40)35-16-6-3-13-30(35)27-20-22-38-33(24-27)31-14-4-7-18-37(31)42-38/h1-25H. The first-order valence-corrected chi connectivity index (χ1v) is 15.3. The fourth-order valence-corrected chi connectivity index (χ4v) is 7.56. The van der Waals surface area contributed by atoms with Crippen LogP contribution in [0.3, 0.4) is 0 Å². The molecule has 43 heavy (non-hydrogen) atoms. The fourth-order valence-electron chi connectivity index (χ4n) is 6.47. The lowest BCUT2D eigenvalue weighted by Crippen LogP contribution is -2.11. The molecule has 0 saturated heterocycles. The van der Waals surface area contributed by atoms with E-state index in [-0.39, 0.29) is 0 Å². The van der Waals surface area contributed by atoms with Gasteiger partial charge in [0.25, 0.3) is 0 Å². The molecule has 9 rings (SSSR count). The topological polar surface area (TPSA) is 16.4 Å². The number of hydrogen-bond acceptors (Lipinski definition) is 3. The van der Waals surface area contributed by atoms with E-state index in [9.17, 15) is 0 Å². The van der Waals surface area contributed by atoms with Crippen molar-refractivity contribution in [1.29, 1.82) is 0 Å². The van der Waals surface area contributed by atoms with Crippen LogP contribution in [0.15, 0.2) is 156 Å². The summed E-state index contributed by atoms with van der Waals surface area (Å²) in [5, 5.41) is 7.28. The molecule has 0 saturated carbocycles. The molecule has 0 radical (unpaired) electrons. The zero-order valence-electron chi connectivity index (χ0n) is 23.2. The number of nitrogens with zero attached hydrogens (tertiary/aromatic N) is 1. The first kappa shape index (κ1) is 24.2. The van der Waals surface area contributed by atoms with Crippen LogP contribution in [-0.4, -0.2) is 0 Å². The highest BCUT2D eigenvalue weighted by Crippen LogP contribution is 2.46. The van der Waals surface area contributed by atoms with Gasteiger partial charge < -0.3 is 9.32 Å². The maximum atomic E-state index is 6.17. The molecule has 7 aromatic carbocycles. The first-order chi connectivity index (χ1) is 21.3. The minimum absolute atomic E-state index is 0.906. The van der Waals surface area contributed by atoms with Crippen LogP contribution in [-0.2, 0) is 0 Å². The van der Waals surface area contributed by atoms with Gasteiger partial charge in [0.05, 0.1) is 11.4 Å². The van der Waals surface area contributed by atoms with Gasteiger partial charge in [-0.2, -0.15) is 0 Å². The number of benzene rings is 7. The van der Waals surface area contributed by atoms with E-state index in [1.165, 1.54) is 30.9 Å². The molecule has 0 spiro atoms. The van der Waals surface area contributed by atoms with Crippen LogP contribution < -0.4 is 4.90 Å². The number of rotatable bonds is 4. The van der Waals surface area contributed by atoms with E-state index in [2.05, 4.69) is 144 Å². The maximum absolute atomic E-state index is 6.17. The molecule has 9 aromatic rings. The highest BCUT2D eigenvalue weighted by atomic mass is 32.1. The lowest BCUT2D eigenvalue weighted by molar-refractivity contribution is 0.669. The van der Waals surface area contributed by atoms with Crippen molar-refractivity contribution in [3.8, 4) is 11.1 Å². The van der Waals surface area contributed by atoms with Crippen molar-refractivity contribution in [1.82, 2.24) is 0 Å². The van der Waals surface area contributed by atoms with Gasteiger partial charge >= 0.3 is 0 Å². The van der Waals surface area contributed by atoms with Crippen molar-refractivity contribution in [3.05, 3.63) is 152 Å². The zero-order valence-corrected chi connectivity index (χ0v) is 24.0. The van der Waals surface area contributed by atoms with Gasteiger partial charge in [0, 0.05) is 47.6 Å². The summed E-state index contributed by atoms with van der Waals surface area (Å²) in [4.78, 5) is 2.43. The molecule has 2 heterocycles. The minimum Gasteiger partial charge on any atom is -0.456 e. The summed E-state index contributed by atoms with van der Waals surface area (Å²) < 4.78 is 8.78. The van der Waals surface area contributed by atoms with Gasteiger partial charge in [-0.3, -0.25) is 0 Å². The molecule has 0 atom stereocenters. The van der Waals surface area contributed by atoms with E-state index in [0.717, 1.165) is 50.1 Å². The number of anilines is 3. The third kappa shape index (κ3) is 3.86. The largest absolute Gasteiger partial charge is 0.456 e. The van der Waals surface area contributed by atoms with Gasteiger partial charge in [-0.05, 0) is 65.5 Å². The lowest BCUT2D eigenvalue weighted by atomic mass is 9.98. The Bertz CT molecular complexity index is 2480. The van der Waals surface area contributed by atoms with E-state index in [4.69, 9.17) is 4.42 Å². The molecule has 0 amide bonds.